The van der Waals surface area contributed by atoms with Crippen molar-refractivity contribution in [3.63, 3.8) is 0 Å². The van der Waals surface area contributed by atoms with Crippen molar-refractivity contribution in [2.45, 2.75) is 19.6 Å². The normalized spacial score (nSPS) is 12.0. The van der Waals surface area contributed by atoms with E-state index >= 15 is 0 Å². The highest BCUT2D eigenvalue weighted by atomic mass is 19.4. The third-order valence-corrected chi connectivity index (χ3v) is 3.32. The standard InChI is InChI=1S/C18H16F4N2O2/c1-12(13-4-6-15(19)7-5-13)9-16(25)24-10-14-3-2-8-23-17(14)26-11-18(20,21)22/h2-9H,10-11H2,1H3,(H,24,25)/b12-9+. The number of benzene rings is 1. The van der Waals surface area contributed by atoms with Gasteiger partial charge in [0.1, 0.15) is 5.82 Å². The van der Waals surface area contributed by atoms with Crippen LogP contribution in [0.4, 0.5) is 17.6 Å². The zero-order valence-corrected chi connectivity index (χ0v) is 13.8. The van der Waals surface area contributed by atoms with E-state index in [2.05, 4.69) is 15.0 Å². The highest BCUT2D eigenvalue weighted by Crippen LogP contribution is 2.20. The first-order valence-electron chi connectivity index (χ1n) is 7.60. The number of aromatic nitrogens is 1. The largest absolute Gasteiger partial charge is 0.468 e. The van der Waals surface area contributed by atoms with E-state index in [9.17, 15) is 22.4 Å². The molecule has 0 radical (unpaired) electrons. The van der Waals surface area contributed by atoms with Crippen LogP contribution in [0, 0.1) is 5.82 Å². The number of amides is 1. The van der Waals surface area contributed by atoms with Crippen molar-refractivity contribution in [3.8, 4) is 5.88 Å². The third kappa shape index (κ3) is 6.19. The second kappa shape index (κ2) is 8.46. The van der Waals surface area contributed by atoms with E-state index in [-0.39, 0.29) is 18.2 Å². The van der Waals surface area contributed by atoms with Crippen LogP contribution in [0.15, 0.2) is 48.7 Å². The van der Waals surface area contributed by atoms with E-state index in [0.29, 0.717) is 16.7 Å². The van der Waals surface area contributed by atoms with Crippen molar-refractivity contribution < 1.29 is 27.1 Å². The summed E-state index contributed by atoms with van der Waals surface area (Å²) in [5.41, 5.74) is 1.61. The Morgan fingerprint density at radius 2 is 1.92 bits per heavy atom. The monoisotopic (exact) mass is 368 g/mol. The number of nitrogens with one attached hydrogen (secondary N) is 1. The minimum absolute atomic E-state index is 0.0485. The minimum atomic E-state index is -4.48. The molecule has 8 heteroatoms. The molecule has 0 saturated heterocycles. The van der Waals surface area contributed by atoms with Crippen LogP contribution >= 0.6 is 0 Å². The van der Waals surface area contributed by atoms with Gasteiger partial charge in [-0.15, -0.1) is 0 Å². The molecule has 0 spiro atoms. The maximum absolute atomic E-state index is 12.9. The summed E-state index contributed by atoms with van der Waals surface area (Å²) in [6, 6.07) is 8.68. The van der Waals surface area contributed by atoms with E-state index in [0.717, 1.165) is 0 Å². The number of pyridine rings is 1. The van der Waals surface area contributed by atoms with Crippen LogP contribution in [-0.4, -0.2) is 23.7 Å². The highest BCUT2D eigenvalue weighted by Gasteiger charge is 2.29. The molecule has 0 atom stereocenters. The second-order valence-electron chi connectivity index (χ2n) is 5.42. The van der Waals surface area contributed by atoms with Crippen LogP contribution in [0.1, 0.15) is 18.1 Å². The van der Waals surface area contributed by atoms with Gasteiger partial charge < -0.3 is 10.1 Å². The van der Waals surface area contributed by atoms with Crippen molar-refractivity contribution in [1.82, 2.24) is 10.3 Å². The Labute approximate surface area is 147 Å². The van der Waals surface area contributed by atoms with Gasteiger partial charge in [0.2, 0.25) is 11.8 Å². The molecule has 0 unspecified atom stereocenters. The van der Waals surface area contributed by atoms with Crippen molar-refractivity contribution in [1.29, 1.82) is 0 Å². The maximum Gasteiger partial charge on any atom is 0.422 e. The summed E-state index contributed by atoms with van der Waals surface area (Å²) < 4.78 is 54.4. The molecule has 0 fully saturated rings. The van der Waals surface area contributed by atoms with Gasteiger partial charge >= 0.3 is 6.18 Å². The van der Waals surface area contributed by atoms with Crippen molar-refractivity contribution in [3.05, 3.63) is 65.6 Å². The fourth-order valence-corrected chi connectivity index (χ4v) is 2.06. The molecule has 0 aliphatic heterocycles. The number of hydrogen-bond acceptors (Lipinski definition) is 3. The lowest BCUT2D eigenvalue weighted by molar-refractivity contribution is -0.154. The molecule has 1 aromatic carbocycles. The van der Waals surface area contributed by atoms with Crippen LogP contribution in [0.2, 0.25) is 0 Å². The predicted molar refractivity (Wildman–Crippen MR) is 87.7 cm³/mol. The van der Waals surface area contributed by atoms with Crippen LogP contribution in [0.5, 0.6) is 5.88 Å². The molecule has 1 amide bonds. The van der Waals surface area contributed by atoms with Crippen molar-refractivity contribution in [2.75, 3.05) is 6.61 Å². The summed E-state index contributed by atoms with van der Waals surface area (Å²) in [7, 11) is 0. The summed E-state index contributed by atoms with van der Waals surface area (Å²) in [4.78, 5) is 15.7. The molecule has 2 rings (SSSR count). The number of carbonyl (C=O) groups excluding carboxylic acids is 1. The summed E-state index contributed by atoms with van der Waals surface area (Å²) in [6.07, 6.45) is -1.86. The van der Waals surface area contributed by atoms with Crippen molar-refractivity contribution in [2.24, 2.45) is 0 Å². The molecule has 4 nitrogen and oxygen atoms in total. The molecule has 26 heavy (non-hydrogen) atoms. The first kappa shape index (κ1) is 19.4. The molecular weight excluding hydrogens is 352 g/mol. The molecule has 0 aliphatic rings. The Balaban J connectivity index is 1.99. The summed E-state index contributed by atoms with van der Waals surface area (Å²) in [5.74, 6) is -1.02. The number of alkyl halides is 3. The molecule has 0 bridgehead atoms. The number of nitrogens with zero attached hydrogens (tertiary/aromatic N) is 1. The average Bonchev–Trinajstić information content (AvgIpc) is 2.58. The van der Waals surface area contributed by atoms with Gasteiger partial charge in [0, 0.05) is 24.4 Å². The highest BCUT2D eigenvalue weighted by molar-refractivity contribution is 5.94. The van der Waals surface area contributed by atoms with Gasteiger partial charge in [-0.25, -0.2) is 9.37 Å². The molecular formula is C18H16F4N2O2. The minimum Gasteiger partial charge on any atom is -0.468 e. The Morgan fingerprint density at radius 1 is 1.23 bits per heavy atom. The Hall–Kier alpha value is -2.90. The first-order chi connectivity index (χ1) is 12.2. The van der Waals surface area contributed by atoms with E-state index in [1.807, 2.05) is 0 Å². The topological polar surface area (TPSA) is 51.2 Å². The van der Waals surface area contributed by atoms with Crippen molar-refractivity contribution >= 4 is 11.5 Å². The van der Waals surface area contributed by atoms with E-state index in [4.69, 9.17) is 0 Å². The fraction of sp³-hybridized carbons (Fsp3) is 0.222. The lowest BCUT2D eigenvalue weighted by Crippen LogP contribution is -2.23. The molecule has 1 heterocycles. The van der Waals surface area contributed by atoms with Gasteiger partial charge in [-0.2, -0.15) is 13.2 Å². The van der Waals surface area contributed by atoms with E-state index in [1.165, 1.54) is 36.5 Å². The van der Waals surface area contributed by atoms with Gasteiger partial charge in [0.15, 0.2) is 6.61 Å². The zero-order chi connectivity index (χ0) is 19.2. The van der Waals surface area contributed by atoms with Gasteiger partial charge in [0.25, 0.3) is 0 Å². The number of halogens is 4. The van der Waals surface area contributed by atoms with Gasteiger partial charge in [0.05, 0.1) is 0 Å². The van der Waals surface area contributed by atoms with Crippen LogP contribution in [0.3, 0.4) is 0 Å². The average molecular weight is 368 g/mol. The summed E-state index contributed by atoms with van der Waals surface area (Å²) >= 11 is 0. The lowest BCUT2D eigenvalue weighted by Gasteiger charge is -2.12. The smallest absolute Gasteiger partial charge is 0.422 e. The lowest BCUT2D eigenvalue weighted by atomic mass is 10.1. The Kier molecular flexibility index (Phi) is 6.32. The third-order valence-electron chi connectivity index (χ3n) is 3.32. The molecule has 0 aliphatic carbocycles. The number of carbonyl (C=O) groups is 1. The fourth-order valence-electron chi connectivity index (χ4n) is 2.06. The van der Waals surface area contributed by atoms with Crippen LogP contribution in [0.25, 0.3) is 5.57 Å². The summed E-state index contributed by atoms with van der Waals surface area (Å²) in [5, 5.41) is 2.56. The summed E-state index contributed by atoms with van der Waals surface area (Å²) in [6.45, 7) is 0.177. The Bertz CT molecular complexity index is 787. The second-order valence-corrected chi connectivity index (χ2v) is 5.42. The SMILES string of the molecule is C/C(=C\C(=O)NCc1cccnc1OCC(F)(F)F)c1ccc(F)cc1. The van der Waals surface area contributed by atoms with Crippen LogP contribution in [-0.2, 0) is 11.3 Å². The van der Waals surface area contributed by atoms with Gasteiger partial charge in [-0.3, -0.25) is 4.79 Å². The van der Waals surface area contributed by atoms with E-state index < -0.39 is 18.7 Å². The maximum atomic E-state index is 12.9. The van der Waals surface area contributed by atoms with Gasteiger partial charge in [-0.05, 0) is 36.3 Å². The zero-order valence-electron chi connectivity index (χ0n) is 13.8. The Morgan fingerprint density at radius 3 is 2.58 bits per heavy atom. The molecule has 0 saturated carbocycles. The number of allylic oxidation sites excluding steroid dienone is 1. The molecule has 138 valence electrons. The van der Waals surface area contributed by atoms with Gasteiger partial charge in [-0.1, -0.05) is 18.2 Å². The molecule has 2 aromatic rings. The van der Waals surface area contributed by atoms with Crippen LogP contribution < -0.4 is 10.1 Å². The quantitative estimate of drug-likeness (QED) is 0.622. The molecule has 1 N–H and O–H groups in total. The number of hydrogen-bond donors (Lipinski definition) is 1. The predicted octanol–water partition coefficient (Wildman–Crippen LogP) is 3.88. The number of ether oxygens (including phenoxy) is 1. The van der Waals surface area contributed by atoms with E-state index in [1.54, 1.807) is 19.1 Å². The number of rotatable bonds is 6. The first-order valence-corrected chi connectivity index (χ1v) is 7.60. The molecule has 1 aromatic heterocycles.